The molecule has 0 bridgehead atoms. The minimum absolute atomic E-state index is 0. The van der Waals surface area contributed by atoms with E-state index in [1.165, 1.54) is 0 Å². The molecule has 2 rings (SSSR count). The highest BCUT2D eigenvalue weighted by molar-refractivity contribution is 6.01. The topological polar surface area (TPSA) is 59.1 Å². The van der Waals surface area contributed by atoms with E-state index < -0.39 is 0 Å². The number of rotatable bonds is 3. The molecular formula is C14H24N2O. The molecule has 1 aromatic carbocycles. The molecule has 3 heteroatoms. The molecular weight excluding hydrogens is 212 g/mol. The van der Waals surface area contributed by atoms with E-state index in [1.807, 2.05) is 26.0 Å². The quantitative estimate of drug-likeness (QED) is 0.618. The maximum absolute atomic E-state index is 7.58. The molecule has 0 unspecified atom stereocenters. The van der Waals surface area contributed by atoms with Gasteiger partial charge in [-0.2, -0.15) is 0 Å². The van der Waals surface area contributed by atoms with Gasteiger partial charge in [0, 0.05) is 18.4 Å². The molecule has 0 aromatic heterocycles. The summed E-state index contributed by atoms with van der Waals surface area (Å²) < 4.78 is 5.81. The number of benzene rings is 1. The first-order valence-corrected chi connectivity index (χ1v) is 6.14. The van der Waals surface area contributed by atoms with E-state index >= 15 is 0 Å². The van der Waals surface area contributed by atoms with Gasteiger partial charge in [-0.25, -0.2) is 0 Å². The Labute approximate surface area is 105 Å². The third-order valence-electron chi connectivity index (χ3n) is 2.75. The van der Waals surface area contributed by atoms with Gasteiger partial charge < -0.3 is 15.9 Å². The lowest BCUT2D eigenvalue weighted by molar-refractivity contribution is 0.200. The van der Waals surface area contributed by atoms with E-state index in [2.05, 4.69) is 6.92 Å². The third-order valence-corrected chi connectivity index (χ3v) is 2.75. The molecule has 1 aromatic rings. The zero-order valence-electron chi connectivity index (χ0n) is 11.1. The third kappa shape index (κ3) is 3.48. The molecule has 1 fully saturated rings. The largest absolute Gasteiger partial charge is 0.488 e. The number of hydrogen-bond donors (Lipinski definition) is 2. The van der Waals surface area contributed by atoms with Crippen molar-refractivity contribution in [1.82, 2.24) is 0 Å². The first kappa shape index (κ1) is 13.6. The summed E-state index contributed by atoms with van der Waals surface area (Å²) in [7, 11) is 0. The van der Waals surface area contributed by atoms with Crippen LogP contribution in [0.15, 0.2) is 18.2 Å². The van der Waals surface area contributed by atoms with Crippen LogP contribution in [0.4, 0.5) is 5.69 Å². The van der Waals surface area contributed by atoms with Crippen LogP contribution in [0.5, 0.6) is 5.75 Å². The van der Waals surface area contributed by atoms with E-state index in [1.54, 1.807) is 13.0 Å². The molecule has 0 atom stereocenters. The average Bonchev–Trinajstić information content (AvgIpc) is 3.02. The molecule has 3 nitrogen and oxygen atoms in total. The molecule has 1 saturated carbocycles. The summed E-state index contributed by atoms with van der Waals surface area (Å²) in [5, 5.41) is 7.58. The lowest BCUT2D eigenvalue weighted by Gasteiger charge is -2.14. The number of ether oxygens (including phenoxy) is 1. The first-order valence-electron chi connectivity index (χ1n) is 6.14. The van der Waals surface area contributed by atoms with Gasteiger partial charge in [-0.15, -0.1) is 0 Å². The van der Waals surface area contributed by atoms with Gasteiger partial charge in [0.15, 0.2) is 0 Å². The summed E-state index contributed by atoms with van der Waals surface area (Å²) >= 11 is 0. The summed E-state index contributed by atoms with van der Waals surface area (Å²) in [4.78, 5) is 0. The van der Waals surface area contributed by atoms with Crippen molar-refractivity contribution in [3.8, 4) is 5.75 Å². The van der Waals surface area contributed by atoms with Crippen LogP contribution in [0.25, 0.3) is 0 Å². The van der Waals surface area contributed by atoms with Gasteiger partial charge in [0.05, 0.1) is 0 Å². The molecule has 1 aliphatic rings. The highest BCUT2D eigenvalue weighted by Crippen LogP contribution is 2.39. The van der Waals surface area contributed by atoms with E-state index in [0.717, 1.165) is 24.2 Å². The number of anilines is 1. The van der Waals surface area contributed by atoms with Crippen molar-refractivity contribution in [2.45, 2.75) is 46.1 Å². The number of nitrogens with one attached hydrogen (secondary N) is 1. The standard InChI is InChI=1S/C12H16N2O.C2H6.H2/c1-8(13)10-7-9(3-4-11(10)14)15-12(2)5-6-12;1-2;/h3-4,7,13H,5-6,14H2,1-2H3;1-2H3;1H. The van der Waals surface area contributed by atoms with E-state index in [9.17, 15) is 0 Å². The zero-order valence-corrected chi connectivity index (χ0v) is 11.1. The molecule has 0 heterocycles. The van der Waals surface area contributed by atoms with Gasteiger partial charge >= 0.3 is 0 Å². The monoisotopic (exact) mass is 236 g/mol. The van der Waals surface area contributed by atoms with Crippen molar-refractivity contribution in [2.75, 3.05) is 5.73 Å². The van der Waals surface area contributed by atoms with E-state index in [4.69, 9.17) is 15.9 Å². The minimum Gasteiger partial charge on any atom is -0.488 e. The van der Waals surface area contributed by atoms with Gasteiger partial charge in [0.1, 0.15) is 11.4 Å². The van der Waals surface area contributed by atoms with E-state index in [0.29, 0.717) is 11.4 Å². The number of nitrogens with two attached hydrogens (primary N) is 1. The summed E-state index contributed by atoms with van der Waals surface area (Å²) in [6.07, 6.45) is 2.21. The lowest BCUT2D eigenvalue weighted by atomic mass is 10.1. The Morgan fingerprint density at radius 3 is 2.47 bits per heavy atom. The summed E-state index contributed by atoms with van der Waals surface area (Å²) in [5.74, 6) is 0.811. The Morgan fingerprint density at radius 2 is 2.00 bits per heavy atom. The number of nitrogen functional groups attached to an aromatic ring is 1. The maximum Gasteiger partial charge on any atom is 0.120 e. The lowest BCUT2D eigenvalue weighted by Crippen LogP contribution is -2.12. The smallest absolute Gasteiger partial charge is 0.120 e. The van der Waals surface area contributed by atoms with Crippen LogP contribution in [0, 0.1) is 5.41 Å². The van der Waals surface area contributed by atoms with Gasteiger partial charge in [-0.3, -0.25) is 0 Å². The fourth-order valence-corrected chi connectivity index (χ4v) is 1.49. The second-order valence-electron chi connectivity index (χ2n) is 4.43. The van der Waals surface area contributed by atoms with Crippen LogP contribution in [-0.4, -0.2) is 11.3 Å². The van der Waals surface area contributed by atoms with E-state index in [-0.39, 0.29) is 7.03 Å². The number of hydrogen-bond acceptors (Lipinski definition) is 3. The Hall–Kier alpha value is -1.51. The predicted molar refractivity (Wildman–Crippen MR) is 75.1 cm³/mol. The molecule has 0 spiro atoms. The molecule has 1 aliphatic carbocycles. The second kappa shape index (κ2) is 5.21. The van der Waals surface area contributed by atoms with Crippen LogP contribution in [0.1, 0.15) is 47.5 Å². The molecule has 17 heavy (non-hydrogen) atoms. The normalized spacial score (nSPS) is 15.5. The minimum atomic E-state index is 0. The Bertz CT molecular complexity index is 414. The van der Waals surface area contributed by atoms with Crippen molar-refractivity contribution in [2.24, 2.45) is 0 Å². The molecule has 96 valence electrons. The Kier molecular flexibility index (Phi) is 4.16. The maximum atomic E-state index is 7.58. The van der Waals surface area contributed by atoms with Crippen molar-refractivity contribution in [1.29, 1.82) is 5.41 Å². The van der Waals surface area contributed by atoms with Gasteiger partial charge in [-0.05, 0) is 44.9 Å². The summed E-state index contributed by atoms with van der Waals surface area (Å²) in [5.41, 5.74) is 7.66. The second-order valence-corrected chi connectivity index (χ2v) is 4.43. The highest BCUT2D eigenvalue weighted by Gasteiger charge is 2.40. The highest BCUT2D eigenvalue weighted by atomic mass is 16.5. The van der Waals surface area contributed by atoms with Crippen LogP contribution in [-0.2, 0) is 0 Å². The molecule has 0 saturated heterocycles. The molecule has 0 amide bonds. The predicted octanol–water partition coefficient (Wildman–Crippen LogP) is 3.86. The fraction of sp³-hybridized carbons (Fsp3) is 0.500. The molecule has 0 aliphatic heterocycles. The van der Waals surface area contributed by atoms with Gasteiger partial charge in [-0.1, -0.05) is 13.8 Å². The summed E-state index contributed by atoms with van der Waals surface area (Å²) in [6, 6.07) is 5.51. The molecule has 3 N–H and O–H groups in total. The Morgan fingerprint density at radius 1 is 1.41 bits per heavy atom. The SMILES string of the molecule is CC.CC(=N)c1cc(OC2(C)CC2)ccc1N.[HH]. The van der Waals surface area contributed by atoms with Crippen molar-refractivity contribution < 1.29 is 6.16 Å². The van der Waals surface area contributed by atoms with Gasteiger partial charge in [0.2, 0.25) is 0 Å². The van der Waals surface area contributed by atoms with Crippen molar-refractivity contribution in [3.05, 3.63) is 23.8 Å². The van der Waals surface area contributed by atoms with Crippen LogP contribution in [0.2, 0.25) is 0 Å². The van der Waals surface area contributed by atoms with Crippen LogP contribution in [0.3, 0.4) is 0 Å². The zero-order chi connectivity index (χ0) is 13.1. The fourth-order valence-electron chi connectivity index (χ4n) is 1.49. The van der Waals surface area contributed by atoms with Crippen molar-refractivity contribution >= 4 is 11.4 Å². The molecule has 0 radical (unpaired) electrons. The Balaban J connectivity index is 0.000000917. The van der Waals surface area contributed by atoms with Crippen LogP contribution < -0.4 is 10.5 Å². The van der Waals surface area contributed by atoms with Crippen LogP contribution >= 0.6 is 0 Å². The van der Waals surface area contributed by atoms with Crippen molar-refractivity contribution in [3.63, 3.8) is 0 Å². The first-order chi connectivity index (χ1) is 8.00. The van der Waals surface area contributed by atoms with Gasteiger partial charge in [0.25, 0.3) is 0 Å². The summed E-state index contributed by atoms with van der Waals surface area (Å²) in [6.45, 7) is 7.83. The average molecular weight is 236 g/mol.